The normalized spacial score (nSPS) is 7.45. The first-order valence-electron chi connectivity index (χ1n) is 2.74. The van der Waals surface area contributed by atoms with Crippen LogP contribution >= 0.6 is 0 Å². The average molecular weight is 154 g/mol. The molecule has 0 bridgehead atoms. The Morgan fingerprint density at radius 2 is 2.00 bits per heavy atom. The molecule has 1 aromatic heterocycles. The van der Waals surface area contributed by atoms with Gasteiger partial charge in [-0.3, -0.25) is 0 Å². The summed E-state index contributed by atoms with van der Waals surface area (Å²) in [5.41, 5.74) is 0.611. The Morgan fingerprint density at radius 1 is 1.45 bits per heavy atom. The monoisotopic (exact) mass is 154 g/mol. The van der Waals surface area contributed by atoms with Gasteiger partial charge >= 0.3 is 7.32 Å². The molecule has 0 aliphatic heterocycles. The predicted octanol–water partition coefficient (Wildman–Crippen LogP) is -1.17. The standard InChI is InChI=1S/C5H4N2.BH3O3/c6-4-5-2-1-3-7-5;2-1(3)4/h1-3,7H;2-4H. The minimum atomic E-state index is -2.17. The fraction of sp³-hybridized carbons (Fsp3) is 0. The van der Waals surface area contributed by atoms with Gasteiger partial charge in [0.1, 0.15) is 11.8 Å². The highest BCUT2D eigenvalue weighted by molar-refractivity contribution is 6.30. The van der Waals surface area contributed by atoms with Gasteiger partial charge in [0.05, 0.1) is 0 Å². The van der Waals surface area contributed by atoms with Crippen LogP contribution in [0.4, 0.5) is 0 Å². The fourth-order valence-corrected chi connectivity index (χ4v) is 0.400. The smallest absolute Gasteiger partial charge is 0.402 e. The molecule has 0 atom stereocenters. The zero-order chi connectivity index (χ0) is 8.69. The van der Waals surface area contributed by atoms with E-state index in [-0.39, 0.29) is 0 Å². The van der Waals surface area contributed by atoms with E-state index >= 15 is 0 Å². The second-order valence-electron chi connectivity index (χ2n) is 1.54. The number of aromatic nitrogens is 1. The van der Waals surface area contributed by atoms with Gasteiger partial charge in [-0.25, -0.2) is 0 Å². The molecule has 1 heterocycles. The summed E-state index contributed by atoms with van der Waals surface area (Å²) in [7, 11) is -2.17. The molecular weight excluding hydrogens is 147 g/mol. The molecule has 0 radical (unpaired) electrons. The second kappa shape index (κ2) is 5.50. The number of H-pyrrole nitrogens is 1. The lowest BCUT2D eigenvalue weighted by atomic mass is 10.3. The Labute approximate surface area is 63.7 Å². The van der Waals surface area contributed by atoms with E-state index in [0.717, 1.165) is 0 Å². The predicted molar refractivity (Wildman–Crippen MR) is 37.9 cm³/mol. The highest BCUT2D eigenvalue weighted by atomic mass is 16.5. The average Bonchev–Trinajstić information content (AvgIpc) is 2.36. The maximum atomic E-state index is 8.15. The number of hydrogen-bond donors (Lipinski definition) is 4. The molecule has 5 nitrogen and oxygen atoms in total. The summed E-state index contributed by atoms with van der Waals surface area (Å²) >= 11 is 0. The van der Waals surface area contributed by atoms with E-state index < -0.39 is 7.32 Å². The van der Waals surface area contributed by atoms with E-state index in [1.165, 1.54) is 0 Å². The number of aromatic amines is 1. The fourth-order valence-electron chi connectivity index (χ4n) is 0.400. The third-order valence-corrected chi connectivity index (χ3v) is 0.718. The van der Waals surface area contributed by atoms with Gasteiger partial charge in [0, 0.05) is 6.20 Å². The lowest BCUT2D eigenvalue weighted by molar-refractivity contribution is 0.278. The molecular formula is C5H7BN2O3. The molecule has 0 aliphatic carbocycles. The van der Waals surface area contributed by atoms with Gasteiger partial charge in [0.2, 0.25) is 0 Å². The van der Waals surface area contributed by atoms with Crippen LogP contribution in [0.2, 0.25) is 0 Å². The number of hydrogen-bond acceptors (Lipinski definition) is 4. The second-order valence-corrected chi connectivity index (χ2v) is 1.54. The minimum absolute atomic E-state index is 0.611. The highest BCUT2D eigenvalue weighted by Gasteiger charge is 1.92. The summed E-state index contributed by atoms with van der Waals surface area (Å²) in [6, 6.07) is 5.46. The van der Waals surface area contributed by atoms with E-state index in [1.54, 1.807) is 18.3 Å². The van der Waals surface area contributed by atoms with E-state index in [2.05, 4.69) is 4.98 Å². The molecule has 1 aromatic rings. The Kier molecular flexibility index (Phi) is 4.85. The first-order valence-corrected chi connectivity index (χ1v) is 2.74. The SMILES string of the molecule is N#Cc1ccc[nH]1.OB(O)O. The molecule has 58 valence electrons. The van der Waals surface area contributed by atoms with E-state index in [4.69, 9.17) is 20.3 Å². The van der Waals surface area contributed by atoms with Gasteiger partial charge in [0.25, 0.3) is 0 Å². The van der Waals surface area contributed by atoms with E-state index in [9.17, 15) is 0 Å². The summed E-state index contributed by atoms with van der Waals surface area (Å²) in [6.07, 6.45) is 1.72. The molecule has 4 N–H and O–H groups in total. The molecule has 0 aromatic carbocycles. The van der Waals surface area contributed by atoms with Gasteiger partial charge in [-0.1, -0.05) is 0 Å². The number of nitriles is 1. The molecule has 0 spiro atoms. The van der Waals surface area contributed by atoms with Gasteiger partial charge in [-0.15, -0.1) is 0 Å². The summed E-state index contributed by atoms with van der Waals surface area (Å²) in [4.78, 5) is 2.73. The third kappa shape index (κ3) is 6.60. The quantitative estimate of drug-likeness (QED) is 0.354. The number of nitrogens with one attached hydrogen (secondary N) is 1. The Bertz CT molecular complexity index is 213. The van der Waals surface area contributed by atoms with Gasteiger partial charge in [-0.2, -0.15) is 5.26 Å². The van der Waals surface area contributed by atoms with Crippen LogP contribution in [0.15, 0.2) is 18.3 Å². The zero-order valence-corrected chi connectivity index (χ0v) is 5.60. The van der Waals surface area contributed by atoms with Crippen molar-refractivity contribution in [1.82, 2.24) is 4.98 Å². The summed E-state index contributed by atoms with van der Waals surface area (Å²) < 4.78 is 0. The minimum Gasteiger partial charge on any atom is -0.402 e. The topological polar surface area (TPSA) is 100 Å². The van der Waals surface area contributed by atoms with Gasteiger partial charge in [-0.05, 0) is 12.1 Å². The lowest BCUT2D eigenvalue weighted by Gasteiger charge is -1.69. The maximum Gasteiger partial charge on any atom is 0.631 e. The number of rotatable bonds is 0. The van der Waals surface area contributed by atoms with Crippen LogP contribution in [-0.4, -0.2) is 27.4 Å². The van der Waals surface area contributed by atoms with Crippen molar-refractivity contribution in [2.24, 2.45) is 0 Å². The molecule has 0 aliphatic rings. The maximum absolute atomic E-state index is 8.15. The highest BCUT2D eigenvalue weighted by Crippen LogP contribution is 1.87. The Hall–Kier alpha value is -1.29. The Morgan fingerprint density at radius 3 is 2.18 bits per heavy atom. The molecule has 1 rings (SSSR count). The lowest BCUT2D eigenvalue weighted by Crippen LogP contribution is -2.07. The van der Waals surface area contributed by atoms with Crippen LogP contribution in [0, 0.1) is 11.3 Å². The molecule has 6 heteroatoms. The van der Waals surface area contributed by atoms with Gasteiger partial charge < -0.3 is 20.1 Å². The molecule has 0 unspecified atom stereocenters. The Balaban J connectivity index is 0.000000218. The van der Waals surface area contributed by atoms with Crippen molar-refractivity contribution in [2.75, 3.05) is 0 Å². The first kappa shape index (κ1) is 9.71. The van der Waals surface area contributed by atoms with E-state index in [0.29, 0.717) is 5.69 Å². The van der Waals surface area contributed by atoms with Crippen LogP contribution < -0.4 is 0 Å². The van der Waals surface area contributed by atoms with Crippen LogP contribution in [-0.2, 0) is 0 Å². The largest absolute Gasteiger partial charge is 0.631 e. The van der Waals surface area contributed by atoms with Crippen molar-refractivity contribution in [3.63, 3.8) is 0 Å². The van der Waals surface area contributed by atoms with Crippen LogP contribution in [0.1, 0.15) is 5.69 Å². The molecule has 11 heavy (non-hydrogen) atoms. The van der Waals surface area contributed by atoms with Crippen molar-refractivity contribution in [3.05, 3.63) is 24.0 Å². The zero-order valence-electron chi connectivity index (χ0n) is 5.60. The number of nitrogens with zero attached hydrogens (tertiary/aromatic N) is 1. The van der Waals surface area contributed by atoms with Crippen molar-refractivity contribution in [2.45, 2.75) is 0 Å². The summed E-state index contributed by atoms with van der Waals surface area (Å²) in [6.45, 7) is 0. The van der Waals surface area contributed by atoms with Gasteiger partial charge in [0.15, 0.2) is 0 Å². The van der Waals surface area contributed by atoms with Crippen LogP contribution in [0.25, 0.3) is 0 Å². The van der Waals surface area contributed by atoms with Crippen molar-refractivity contribution in [1.29, 1.82) is 5.26 Å². The first-order chi connectivity index (χ1) is 5.16. The molecule has 0 fully saturated rings. The molecule has 0 saturated carbocycles. The summed E-state index contributed by atoms with van der Waals surface area (Å²) in [5.74, 6) is 0. The van der Waals surface area contributed by atoms with Crippen molar-refractivity contribution >= 4 is 7.32 Å². The third-order valence-electron chi connectivity index (χ3n) is 0.718. The van der Waals surface area contributed by atoms with Crippen molar-refractivity contribution in [3.8, 4) is 6.07 Å². The molecule has 0 amide bonds. The van der Waals surface area contributed by atoms with Crippen LogP contribution in [0.3, 0.4) is 0 Å². The van der Waals surface area contributed by atoms with Crippen molar-refractivity contribution < 1.29 is 15.1 Å². The van der Waals surface area contributed by atoms with Crippen LogP contribution in [0.5, 0.6) is 0 Å². The molecule has 0 saturated heterocycles. The van der Waals surface area contributed by atoms with E-state index in [1.807, 2.05) is 6.07 Å². The summed E-state index contributed by atoms with van der Waals surface area (Å²) in [5, 5.41) is 29.6.